The van der Waals surface area contributed by atoms with Crippen molar-refractivity contribution >= 4 is 6.29 Å². The predicted molar refractivity (Wildman–Crippen MR) is 49.7 cm³/mol. The van der Waals surface area contributed by atoms with E-state index in [0.29, 0.717) is 12.1 Å². The third-order valence-electron chi connectivity index (χ3n) is 2.26. The van der Waals surface area contributed by atoms with Gasteiger partial charge in [-0.1, -0.05) is 6.07 Å². The second-order valence-electron chi connectivity index (χ2n) is 3.38. The average Bonchev–Trinajstić information content (AvgIpc) is 2.24. The minimum atomic E-state index is -5.08. The molecule has 1 aromatic carbocycles. The van der Waals surface area contributed by atoms with Crippen LogP contribution in [0.25, 0.3) is 0 Å². The van der Waals surface area contributed by atoms with E-state index in [4.69, 9.17) is 5.73 Å². The highest BCUT2D eigenvalue weighted by atomic mass is 19.4. The molecule has 0 spiro atoms. The summed E-state index contributed by atoms with van der Waals surface area (Å²) in [5.74, 6) is 0. The standard InChI is InChI=1S/C10H7F6NO/c11-9(12,13)7-2-1-5(3-17)8(6(7)4-18)10(14,15)16/h1-2,4H,3,17H2. The molecule has 8 heteroatoms. The first-order valence-corrected chi connectivity index (χ1v) is 4.58. The summed E-state index contributed by atoms with van der Waals surface area (Å²) in [6.45, 7) is -0.617. The summed E-state index contributed by atoms with van der Waals surface area (Å²) < 4.78 is 75.5. The smallest absolute Gasteiger partial charge is 0.326 e. The maximum atomic E-state index is 12.7. The molecule has 1 aromatic rings. The van der Waals surface area contributed by atoms with Crippen molar-refractivity contribution < 1.29 is 31.1 Å². The maximum absolute atomic E-state index is 12.7. The van der Waals surface area contributed by atoms with Crippen molar-refractivity contribution in [2.24, 2.45) is 5.73 Å². The van der Waals surface area contributed by atoms with Crippen LogP contribution in [0.2, 0.25) is 0 Å². The Labute approximate surface area is 97.4 Å². The van der Waals surface area contributed by atoms with E-state index in [0.717, 1.165) is 0 Å². The molecule has 0 atom stereocenters. The van der Waals surface area contributed by atoms with Gasteiger partial charge < -0.3 is 5.73 Å². The van der Waals surface area contributed by atoms with Crippen LogP contribution in [0.4, 0.5) is 26.3 Å². The molecule has 0 fully saturated rings. The first kappa shape index (κ1) is 14.5. The van der Waals surface area contributed by atoms with Gasteiger partial charge in [-0.25, -0.2) is 0 Å². The number of alkyl halides is 6. The van der Waals surface area contributed by atoms with Gasteiger partial charge in [0.25, 0.3) is 0 Å². The van der Waals surface area contributed by atoms with Crippen LogP contribution in [0, 0.1) is 0 Å². The van der Waals surface area contributed by atoms with Crippen molar-refractivity contribution in [1.82, 2.24) is 0 Å². The molecule has 0 aliphatic carbocycles. The van der Waals surface area contributed by atoms with Gasteiger partial charge in [0.15, 0.2) is 6.29 Å². The fourth-order valence-corrected chi connectivity index (χ4v) is 1.54. The topological polar surface area (TPSA) is 43.1 Å². The van der Waals surface area contributed by atoms with Gasteiger partial charge in [-0.2, -0.15) is 26.3 Å². The average molecular weight is 271 g/mol. The number of carbonyl (C=O) groups excluding carboxylic acids is 1. The molecule has 2 nitrogen and oxygen atoms in total. The highest BCUT2D eigenvalue weighted by Gasteiger charge is 2.42. The lowest BCUT2D eigenvalue weighted by Gasteiger charge is -2.18. The van der Waals surface area contributed by atoms with E-state index in [1.54, 1.807) is 0 Å². The lowest BCUT2D eigenvalue weighted by molar-refractivity contribution is -0.143. The largest absolute Gasteiger partial charge is 0.417 e. The van der Waals surface area contributed by atoms with Crippen LogP contribution in [-0.2, 0) is 18.9 Å². The van der Waals surface area contributed by atoms with Crippen LogP contribution in [-0.4, -0.2) is 6.29 Å². The summed E-state index contributed by atoms with van der Waals surface area (Å²) in [5.41, 5.74) is -0.210. The zero-order chi connectivity index (χ0) is 14.1. The fourth-order valence-electron chi connectivity index (χ4n) is 1.54. The highest BCUT2D eigenvalue weighted by molar-refractivity contribution is 5.81. The zero-order valence-electron chi connectivity index (χ0n) is 8.69. The lowest BCUT2D eigenvalue weighted by atomic mass is 9.95. The van der Waals surface area contributed by atoms with Gasteiger partial charge in [-0.3, -0.25) is 4.79 Å². The molecule has 100 valence electrons. The summed E-state index contributed by atoms with van der Waals surface area (Å²) in [6, 6.07) is 1.04. The maximum Gasteiger partial charge on any atom is 0.417 e. The van der Waals surface area contributed by atoms with Crippen LogP contribution < -0.4 is 5.73 Å². The minimum Gasteiger partial charge on any atom is -0.326 e. The molecular weight excluding hydrogens is 264 g/mol. The first-order chi connectivity index (χ1) is 8.12. The molecule has 0 bridgehead atoms. The molecule has 0 aromatic heterocycles. The summed E-state index contributed by atoms with van der Waals surface area (Å²) in [7, 11) is 0. The third-order valence-corrected chi connectivity index (χ3v) is 2.26. The molecule has 0 heterocycles. The van der Waals surface area contributed by atoms with Gasteiger partial charge in [-0.15, -0.1) is 0 Å². The van der Waals surface area contributed by atoms with E-state index in [2.05, 4.69) is 0 Å². The van der Waals surface area contributed by atoms with E-state index >= 15 is 0 Å². The third kappa shape index (κ3) is 2.63. The first-order valence-electron chi connectivity index (χ1n) is 4.58. The van der Waals surface area contributed by atoms with Crippen molar-refractivity contribution in [1.29, 1.82) is 0 Å². The number of benzene rings is 1. The molecule has 0 amide bonds. The Bertz CT molecular complexity index is 463. The van der Waals surface area contributed by atoms with Crippen LogP contribution in [0.3, 0.4) is 0 Å². The van der Waals surface area contributed by atoms with Gasteiger partial charge in [0, 0.05) is 12.1 Å². The predicted octanol–water partition coefficient (Wildman–Crippen LogP) is 3.00. The summed E-state index contributed by atoms with van der Waals surface area (Å²) in [5, 5.41) is 0. The monoisotopic (exact) mass is 271 g/mol. The molecule has 18 heavy (non-hydrogen) atoms. The Morgan fingerprint density at radius 1 is 1.06 bits per heavy atom. The minimum absolute atomic E-state index is 0.418. The second kappa shape index (κ2) is 4.60. The van der Waals surface area contributed by atoms with Crippen LogP contribution in [0.1, 0.15) is 27.0 Å². The van der Waals surface area contributed by atoms with Crippen molar-refractivity contribution in [3.8, 4) is 0 Å². The molecule has 0 unspecified atom stereocenters. The number of nitrogens with two attached hydrogens (primary N) is 1. The Balaban J connectivity index is 3.69. The number of hydrogen-bond donors (Lipinski definition) is 1. The number of aldehydes is 1. The Kier molecular flexibility index (Phi) is 3.70. The molecule has 0 saturated heterocycles. The van der Waals surface area contributed by atoms with Gasteiger partial charge in [-0.05, 0) is 11.6 Å². The van der Waals surface area contributed by atoms with Crippen LogP contribution in [0.15, 0.2) is 12.1 Å². The molecule has 0 radical (unpaired) electrons. The number of hydrogen-bond acceptors (Lipinski definition) is 2. The molecule has 1 rings (SSSR count). The Hall–Kier alpha value is -1.57. The van der Waals surface area contributed by atoms with Crippen LogP contribution >= 0.6 is 0 Å². The van der Waals surface area contributed by atoms with Gasteiger partial charge in [0.1, 0.15) is 0 Å². The van der Waals surface area contributed by atoms with E-state index < -0.39 is 47.4 Å². The van der Waals surface area contributed by atoms with E-state index in [1.807, 2.05) is 0 Å². The van der Waals surface area contributed by atoms with Crippen molar-refractivity contribution in [2.45, 2.75) is 18.9 Å². The molecule has 0 aliphatic rings. The Morgan fingerprint density at radius 3 is 1.94 bits per heavy atom. The molecule has 0 aliphatic heterocycles. The molecule has 0 saturated carbocycles. The number of carbonyl (C=O) groups is 1. The van der Waals surface area contributed by atoms with Gasteiger partial charge in [0.05, 0.1) is 11.1 Å². The van der Waals surface area contributed by atoms with Crippen molar-refractivity contribution in [3.05, 3.63) is 34.4 Å². The number of halogens is 6. The van der Waals surface area contributed by atoms with Gasteiger partial charge >= 0.3 is 12.4 Å². The molecular formula is C10H7F6NO. The van der Waals surface area contributed by atoms with E-state index in [-0.39, 0.29) is 0 Å². The summed E-state index contributed by atoms with van der Waals surface area (Å²) in [6.07, 6.45) is -10.6. The normalized spacial score (nSPS) is 12.6. The lowest BCUT2D eigenvalue weighted by Crippen LogP contribution is -2.20. The fraction of sp³-hybridized carbons (Fsp3) is 0.300. The second-order valence-corrected chi connectivity index (χ2v) is 3.38. The van der Waals surface area contributed by atoms with Crippen LogP contribution in [0.5, 0.6) is 0 Å². The number of rotatable bonds is 2. The quantitative estimate of drug-likeness (QED) is 0.663. The van der Waals surface area contributed by atoms with Crippen molar-refractivity contribution in [2.75, 3.05) is 0 Å². The molecule has 2 N–H and O–H groups in total. The van der Waals surface area contributed by atoms with Gasteiger partial charge in [0.2, 0.25) is 0 Å². The summed E-state index contributed by atoms with van der Waals surface area (Å²) in [4.78, 5) is 10.6. The Morgan fingerprint density at radius 2 is 1.61 bits per heavy atom. The zero-order valence-corrected chi connectivity index (χ0v) is 8.69. The highest BCUT2D eigenvalue weighted by Crippen LogP contribution is 2.40. The van der Waals surface area contributed by atoms with E-state index in [1.165, 1.54) is 0 Å². The van der Waals surface area contributed by atoms with E-state index in [9.17, 15) is 31.1 Å². The SMILES string of the molecule is NCc1ccc(C(F)(F)F)c(C=O)c1C(F)(F)F. The van der Waals surface area contributed by atoms with Crippen molar-refractivity contribution in [3.63, 3.8) is 0 Å². The summed E-state index contributed by atoms with van der Waals surface area (Å²) >= 11 is 0.